The van der Waals surface area contributed by atoms with Crippen LogP contribution in [0.4, 0.5) is 5.69 Å². The summed E-state index contributed by atoms with van der Waals surface area (Å²) in [6.07, 6.45) is 1.40. The summed E-state index contributed by atoms with van der Waals surface area (Å²) in [6.45, 7) is 2.23. The average molecular weight is 431 g/mol. The van der Waals surface area contributed by atoms with Crippen molar-refractivity contribution in [1.29, 1.82) is 5.26 Å². The van der Waals surface area contributed by atoms with E-state index < -0.39 is 10.7 Å². The summed E-state index contributed by atoms with van der Waals surface area (Å²) in [5.74, 6) is 0.351. The van der Waals surface area contributed by atoms with Crippen LogP contribution in [-0.4, -0.2) is 24.4 Å². The van der Waals surface area contributed by atoms with Gasteiger partial charge in [-0.15, -0.1) is 0 Å². The number of carbonyl (C=O) groups excluding carboxylic acids is 1. The van der Waals surface area contributed by atoms with Gasteiger partial charge in [-0.1, -0.05) is 12.1 Å². The third kappa shape index (κ3) is 4.71. The van der Waals surface area contributed by atoms with E-state index in [2.05, 4.69) is 15.9 Å². The fourth-order valence-electron chi connectivity index (χ4n) is 2.36. The van der Waals surface area contributed by atoms with Gasteiger partial charge in [0.25, 0.3) is 5.69 Å². The van der Waals surface area contributed by atoms with Crippen molar-refractivity contribution in [2.75, 3.05) is 13.7 Å². The van der Waals surface area contributed by atoms with Crippen LogP contribution in [0.15, 0.2) is 46.4 Å². The molecule has 0 saturated heterocycles. The summed E-state index contributed by atoms with van der Waals surface area (Å²) >= 11 is 3.37. The maximum Gasteiger partial charge on any atom is 0.270 e. The smallest absolute Gasteiger partial charge is 0.270 e. The van der Waals surface area contributed by atoms with Crippen LogP contribution >= 0.6 is 15.9 Å². The zero-order chi connectivity index (χ0) is 20.0. The summed E-state index contributed by atoms with van der Waals surface area (Å²) in [4.78, 5) is 22.9. The van der Waals surface area contributed by atoms with Crippen molar-refractivity contribution < 1.29 is 19.2 Å². The summed E-state index contributed by atoms with van der Waals surface area (Å²) in [5.41, 5.74) is 0.232. The molecule has 0 amide bonds. The molecule has 2 rings (SSSR count). The average Bonchev–Trinajstić information content (AvgIpc) is 2.65. The first-order valence-corrected chi connectivity index (χ1v) is 8.61. The third-order valence-electron chi connectivity index (χ3n) is 3.53. The van der Waals surface area contributed by atoms with E-state index in [1.165, 1.54) is 31.4 Å². The molecule has 8 heteroatoms. The van der Waals surface area contributed by atoms with Gasteiger partial charge in [-0.05, 0) is 46.6 Å². The van der Waals surface area contributed by atoms with Gasteiger partial charge < -0.3 is 9.47 Å². The number of nitro groups is 1. The predicted molar refractivity (Wildman–Crippen MR) is 103 cm³/mol. The molecular formula is C19H15BrN2O5. The summed E-state index contributed by atoms with van der Waals surface area (Å²) in [7, 11) is 1.50. The number of allylic oxidation sites excluding steroid dienone is 1. The molecule has 0 N–H and O–H groups in total. The number of benzene rings is 2. The zero-order valence-corrected chi connectivity index (χ0v) is 16.1. The Labute approximate surface area is 164 Å². The lowest BCUT2D eigenvalue weighted by molar-refractivity contribution is -0.384. The van der Waals surface area contributed by atoms with Gasteiger partial charge in [0, 0.05) is 17.7 Å². The molecule has 0 bridgehead atoms. The van der Waals surface area contributed by atoms with Crippen molar-refractivity contribution in [3.05, 3.63) is 67.7 Å². The number of Topliss-reactive ketones (excluding diaryl/α,β-unsaturated/α-hetero) is 1. The van der Waals surface area contributed by atoms with E-state index in [9.17, 15) is 20.2 Å². The summed E-state index contributed by atoms with van der Waals surface area (Å²) in [5, 5.41) is 20.3. The van der Waals surface area contributed by atoms with Crippen LogP contribution < -0.4 is 9.47 Å². The SMILES string of the molecule is CCOc1cc(/C=C(\C#N)C(=O)c2cccc([N+](=O)[O-])c2)cc(Br)c1OC. The van der Waals surface area contributed by atoms with Gasteiger partial charge >= 0.3 is 0 Å². The van der Waals surface area contributed by atoms with Crippen LogP contribution in [-0.2, 0) is 0 Å². The van der Waals surface area contributed by atoms with E-state index in [0.717, 1.165) is 6.07 Å². The van der Waals surface area contributed by atoms with Crippen LogP contribution in [0.1, 0.15) is 22.8 Å². The van der Waals surface area contributed by atoms with Crippen molar-refractivity contribution >= 4 is 33.5 Å². The van der Waals surface area contributed by atoms with Crippen molar-refractivity contribution in [1.82, 2.24) is 0 Å². The van der Waals surface area contributed by atoms with E-state index in [1.54, 1.807) is 12.1 Å². The molecule has 2 aromatic carbocycles. The Bertz CT molecular complexity index is 963. The molecule has 0 aliphatic heterocycles. The van der Waals surface area contributed by atoms with Crippen molar-refractivity contribution in [3.63, 3.8) is 0 Å². The van der Waals surface area contributed by atoms with Crippen molar-refractivity contribution in [3.8, 4) is 17.6 Å². The van der Waals surface area contributed by atoms with Crippen molar-refractivity contribution in [2.24, 2.45) is 0 Å². The fourth-order valence-corrected chi connectivity index (χ4v) is 2.99. The molecule has 0 fully saturated rings. The number of nitrogens with zero attached hydrogens (tertiary/aromatic N) is 2. The molecule has 0 atom stereocenters. The molecule has 0 aliphatic rings. The van der Waals surface area contributed by atoms with Gasteiger partial charge in [-0.2, -0.15) is 5.26 Å². The summed E-state index contributed by atoms with van der Waals surface area (Å²) in [6, 6.07) is 10.4. The molecular weight excluding hydrogens is 416 g/mol. The zero-order valence-electron chi connectivity index (χ0n) is 14.6. The first-order chi connectivity index (χ1) is 12.9. The second-order valence-corrected chi connectivity index (χ2v) is 6.13. The standard InChI is InChI=1S/C19H15BrN2O5/c1-3-27-17-9-12(8-16(20)19(17)26-2)7-14(11-21)18(23)13-5-4-6-15(10-13)22(24)25/h4-10H,3H2,1-2H3/b14-7+. The highest BCUT2D eigenvalue weighted by Crippen LogP contribution is 2.37. The van der Waals surface area contributed by atoms with E-state index in [4.69, 9.17) is 9.47 Å². The lowest BCUT2D eigenvalue weighted by Crippen LogP contribution is -2.03. The molecule has 0 unspecified atom stereocenters. The first kappa shape index (κ1) is 20.1. The molecule has 2 aromatic rings. The highest BCUT2D eigenvalue weighted by atomic mass is 79.9. The monoisotopic (exact) mass is 430 g/mol. The third-order valence-corrected chi connectivity index (χ3v) is 4.12. The van der Waals surface area contributed by atoms with Gasteiger partial charge in [0.05, 0.1) is 23.1 Å². The molecule has 0 aliphatic carbocycles. The highest BCUT2D eigenvalue weighted by Gasteiger charge is 2.17. The predicted octanol–water partition coefficient (Wildman–Crippen LogP) is 4.55. The number of nitriles is 1. The van der Waals surface area contributed by atoms with Gasteiger partial charge in [-0.25, -0.2) is 0 Å². The lowest BCUT2D eigenvalue weighted by Gasteiger charge is -2.12. The van der Waals surface area contributed by atoms with Crippen LogP contribution in [0.25, 0.3) is 6.08 Å². The second kappa shape index (κ2) is 8.96. The number of ether oxygens (including phenoxy) is 2. The number of carbonyl (C=O) groups is 1. The minimum atomic E-state index is -0.605. The molecule has 0 aromatic heterocycles. The Morgan fingerprint density at radius 3 is 2.70 bits per heavy atom. The van der Waals surface area contributed by atoms with E-state index >= 15 is 0 Å². The number of hydrogen-bond acceptors (Lipinski definition) is 6. The number of hydrogen-bond donors (Lipinski definition) is 0. The largest absolute Gasteiger partial charge is 0.492 e. The van der Waals surface area contributed by atoms with Gasteiger partial charge in [0.15, 0.2) is 11.5 Å². The normalized spacial score (nSPS) is 10.8. The Balaban J connectivity index is 2.47. The van der Waals surface area contributed by atoms with Gasteiger partial charge in [0.2, 0.25) is 5.78 Å². The maximum atomic E-state index is 12.6. The summed E-state index contributed by atoms with van der Waals surface area (Å²) < 4.78 is 11.4. The molecule has 0 saturated carbocycles. The Morgan fingerprint density at radius 1 is 1.37 bits per heavy atom. The topological polar surface area (TPSA) is 102 Å². The molecule has 0 heterocycles. The molecule has 0 radical (unpaired) electrons. The Hall–Kier alpha value is -3.18. The Morgan fingerprint density at radius 2 is 2.11 bits per heavy atom. The molecule has 7 nitrogen and oxygen atoms in total. The fraction of sp³-hybridized carbons (Fsp3) is 0.158. The van der Waals surface area contributed by atoms with Crippen LogP contribution in [0.2, 0.25) is 0 Å². The van der Waals surface area contributed by atoms with E-state index in [0.29, 0.717) is 28.1 Å². The minimum absolute atomic E-state index is 0.0645. The molecule has 138 valence electrons. The number of ketones is 1. The van der Waals surface area contributed by atoms with Crippen LogP contribution in [0, 0.1) is 21.4 Å². The maximum absolute atomic E-state index is 12.6. The number of non-ortho nitro benzene ring substituents is 1. The van der Waals surface area contributed by atoms with Crippen molar-refractivity contribution in [2.45, 2.75) is 6.92 Å². The van der Waals surface area contributed by atoms with Crippen LogP contribution in [0.3, 0.4) is 0 Å². The number of nitro benzene ring substituents is 1. The minimum Gasteiger partial charge on any atom is -0.492 e. The highest BCUT2D eigenvalue weighted by molar-refractivity contribution is 9.10. The van der Waals surface area contributed by atoms with Gasteiger partial charge in [0.1, 0.15) is 11.6 Å². The van der Waals surface area contributed by atoms with Gasteiger partial charge in [-0.3, -0.25) is 14.9 Å². The molecule has 0 spiro atoms. The van der Waals surface area contributed by atoms with E-state index in [1.807, 2.05) is 13.0 Å². The number of halogens is 1. The number of methoxy groups -OCH3 is 1. The quantitative estimate of drug-likeness (QED) is 0.210. The molecule has 27 heavy (non-hydrogen) atoms. The van der Waals surface area contributed by atoms with Crippen LogP contribution in [0.5, 0.6) is 11.5 Å². The second-order valence-electron chi connectivity index (χ2n) is 5.27. The van der Waals surface area contributed by atoms with E-state index in [-0.39, 0.29) is 16.8 Å². The lowest BCUT2D eigenvalue weighted by atomic mass is 10.0. The first-order valence-electron chi connectivity index (χ1n) is 7.82. The number of rotatable bonds is 7. The Kier molecular flexibility index (Phi) is 6.68.